The van der Waals surface area contributed by atoms with Crippen LogP contribution in [0.3, 0.4) is 0 Å². The van der Waals surface area contributed by atoms with E-state index in [0.717, 1.165) is 12.3 Å². The molecule has 0 saturated carbocycles. The number of rotatable bonds is 0. The Balaban J connectivity index is 2.91. The highest BCUT2D eigenvalue weighted by atomic mass is 19.4. The predicted octanol–water partition coefficient (Wildman–Crippen LogP) is 3.50. The molecule has 0 atom stereocenters. The summed E-state index contributed by atoms with van der Waals surface area (Å²) in [7, 11) is 0. The van der Waals surface area contributed by atoms with Crippen LogP contribution in [0.4, 0.5) is 13.2 Å². The first kappa shape index (κ1) is 12.6. The second-order valence-corrected chi connectivity index (χ2v) is 4.43. The molecule has 0 aliphatic heterocycles. The van der Waals surface area contributed by atoms with Crippen LogP contribution in [-0.4, -0.2) is 4.98 Å². The molecule has 1 rings (SSSR count). The molecule has 0 saturated heterocycles. The minimum Gasteiger partial charge on any atom is -0.247 e. The first-order valence-electron chi connectivity index (χ1n) is 4.75. The molecular formula is C12H12F3N. The van der Waals surface area contributed by atoms with E-state index in [1.54, 1.807) is 0 Å². The van der Waals surface area contributed by atoms with Crippen LogP contribution < -0.4 is 0 Å². The summed E-state index contributed by atoms with van der Waals surface area (Å²) >= 11 is 0. The largest absolute Gasteiger partial charge is 0.417 e. The van der Waals surface area contributed by atoms with Crippen molar-refractivity contribution in [2.75, 3.05) is 0 Å². The highest BCUT2D eigenvalue weighted by molar-refractivity contribution is 5.31. The number of pyridine rings is 1. The lowest BCUT2D eigenvalue weighted by atomic mass is 9.98. The van der Waals surface area contributed by atoms with Gasteiger partial charge in [0.25, 0.3) is 0 Å². The van der Waals surface area contributed by atoms with Gasteiger partial charge in [-0.1, -0.05) is 5.92 Å². The Bertz CT molecular complexity index is 413. The van der Waals surface area contributed by atoms with Crippen molar-refractivity contribution >= 4 is 0 Å². The summed E-state index contributed by atoms with van der Waals surface area (Å²) in [5.74, 6) is 5.64. The van der Waals surface area contributed by atoms with E-state index in [-0.39, 0.29) is 5.41 Å². The molecule has 1 aromatic rings. The Morgan fingerprint density at radius 1 is 1.12 bits per heavy atom. The third-order valence-electron chi connectivity index (χ3n) is 1.66. The lowest BCUT2D eigenvalue weighted by molar-refractivity contribution is -0.137. The molecule has 86 valence electrons. The van der Waals surface area contributed by atoms with Crippen molar-refractivity contribution in [3.63, 3.8) is 0 Å². The third-order valence-corrected chi connectivity index (χ3v) is 1.66. The van der Waals surface area contributed by atoms with Gasteiger partial charge in [0.1, 0.15) is 5.69 Å². The molecule has 4 heteroatoms. The number of hydrogen-bond acceptors (Lipinski definition) is 1. The van der Waals surface area contributed by atoms with E-state index in [1.165, 1.54) is 6.07 Å². The molecule has 0 aliphatic rings. The van der Waals surface area contributed by atoms with Gasteiger partial charge in [0.15, 0.2) is 0 Å². The van der Waals surface area contributed by atoms with E-state index in [1.807, 2.05) is 20.8 Å². The van der Waals surface area contributed by atoms with Crippen LogP contribution in [0.2, 0.25) is 0 Å². The van der Waals surface area contributed by atoms with Crippen LogP contribution >= 0.6 is 0 Å². The summed E-state index contributed by atoms with van der Waals surface area (Å²) in [6.07, 6.45) is -3.55. The molecular weight excluding hydrogens is 215 g/mol. The van der Waals surface area contributed by atoms with E-state index in [2.05, 4.69) is 16.8 Å². The van der Waals surface area contributed by atoms with Crippen molar-refractivity contribution < 1.29 is 13.2 Å². The summed E-state index contributed by atoms with van der Waals surface area (Å²) < 4.78 is 36.7. The van der Waals surface area contributed by atoms with Crippen LogP contribution in [-0.2, 0) is 6.18 Å². The molecule has 0 radical (unpaired) electrons. The molecule has 0 unspecified atom stereocenters. The molecule has 0 spiro atoms. The van der Waals surface area contributed by atoms with Gasteiger partial charge in [0.2, 0.25) is 0 Å². The van der Waals surface area contributed by atoms with Gasteiger partial charge in [-0.15, -0.1) is 0 Å². The van der Waals surface area contributed by atoms with Crippen LogP contribution in [0.15, 0.2) is 18.3 Å². The van der Waals surface area contributed by atoms with Crippen LogP contribution in [0, 0.1) is 17.3 Å². The highest BCUT2D eigenvalue weighted by Crippen LogP contribution is 2.28. The molecule has 16 heavy (non-hydrogen) atoms. The van der Waals surface area contributed by atoms with E-state index in [0.29, 0.717) is 5.69 Å². The van der Waals surface area contributed by atoms with E-state index < -0.39 is 11.7 Å². The van der Waals surface area contributed by atoms with Crippen molar-refractivity contribution in [1.82, 2.24) is 4.98 Å². The van der Waals surface area contributed by atoms with Gasteiger partial charge in [-0.2, -0.15) is 13.2 Å². The van der Waals surface area contributed by atoms with Gasteiger partial charge < -0.3 is 0 Å². The van der Waals surface area contributed by atoms with E-state index >= 15 is 0 Å². The Morgan fingerprint density at radius 3 is 2.12 bits per heavy atom. The molecule has 0 amide bonds. The Labute approximate surface area is 92.7 Å². The molecule has 0 aromatic carbocycles. The monoisotopic (exact) mass is 227 g/mol. The SMILES string of the molecule is CC(C)(C)C#Cc1ccc(C(F)(F)F)cn1. The van der Waals surface area contributed by atoms with Crippen LogP contribution in [0.5, 0.6) is 0 Å². The fraction of sp³-hybridized carbons (Fsp3) is 0.417. The van der Waals surface area contributed by atoms with E-state index in [4.69, 9.17) is 0 Å². The first-order valence-corrected chi connectivity index (χ1v) is 4.75. The maximum atomic E-state index is 12.2. The Hall–Kier alpha value is -1.50. The van der Waals surface area contributed by atoms with Gasteiger partial charge in [0.05, 0.1) is 5.56 Å². The minimum absolute atomic E-state index is 0.190. The molecule has 0 bridgehead atoms. The van der Waals surface area contributed by atoms with E-state index in [9.17, 15) is 13.2 Å². The highest BCUT2D eigenvalue weighted by Gasteiger charge is 2.30. The zero-order valence-electron chi connectivity index (χ0n) is 9.31. The Kier molecular flexibility index (Phi) is 3.27. The smallest absolute Gasteiger partial charge is 0.247 e. The standard InChI is InChI=1S/C12H12F3N/c1-11(2,3)7-6-10-5-4-9(8-16-10)12(13,14)15/h4-5,8H,1-3H3. The molecule has 0 aliphatic carbocycles. The second kappa shape index (κ2) is 4.17. The van der Waals surface area contributed by atoms with Crippen molar-refractivity contribution in [3.8, 4) is 11.8 Å². The first-order chi connectivity index (χ1) is 7.18. The van der Waals surface area contributed by atoms with Crippen molar-refractivity contribution in [1.29, 1.82) is 0 Å². The molecule has 0 N–H and O–H groups in total. The van der Waals surface area contributed by atoms with Crippen molar-refractivity contribution in [2.45, 2.75) is 26.9 Å². The summed E-state index contributed by atoms with van der Waals surface area (Å²) in [4.78, 5) is 3.65. The van der Waals surface area contributed by atoms with Crippen molar-refractivity contribution in [3.05, 3.63) is 29.6 Å². The van der Waals surface area contributed by atoms with Gasteiger partial charge in [0, 0.05) is 11.6 Å². The number of halogens is 3. The zero-order valence-corrected chi connectivity index (χ0v) is 9.31. The molecule has 0 fully saturated rings. The normalized spacial score (nSPS) is 11.9. The summed E-state index contributed by atoms with van der Waals surface area (Å²) in [5, 5.41) is 0. The number of hydrogen-bond donors (Lipinski definition) is 0. The second-order valence-electron chi connectivity index (χ2n) is 4.43. The number of nitrogens with zero attached hydrogens (tertiary/aromatic N) is 1. The lowest BCUT2D eigenvalue weighted by Crippen LogP contribution is -2.05. The van der Waals surface area contributed by atoms with Crippen LogP contribution in [0.1, 0.15) is 32.0 Å². The molecule has 1 nitrogen and oxygen atoms in total. The van der Waals surface area contributed by atoms with Gasteiger partial charge >= 0.3 is 6.18 Å². The fourth-order valence-electron chi connectivity index (χ4n) is 0.887. The fourth-order valence-corrected chi connectivity index (χ4v) is 0.887. The average Bonchev–Trinajstić information content (AvgIpc) is 2.13. The summed E-state index contributed by atoms with van der Waals surface area (Å²) in [6.45, 7) is 5.76. The van der Waals surface area contributed by atoms with Gasteiger partial charge in [-0.3, -0.25) is 0 Å². The minimum atomic E-state index is -4.34. The van der Waals surface area contributed by atoms with Crippen LogP contribution in [0.25, 0.3) is 0 Å². The predicted molar refractivity (Wildman–Crippen MR) is 55.6 cm³/mol. The topological polar surface area (TPSA) is 12.9 Å². The third kappa shape index (κ3) is 3.93. The zero-order chi connectivity index (χ0) is 12.4. The number of aromatic nitrogens is 1. The summed E-state index contributed by atoms with van der Waals surface area (Å²) in [6, 6.07) is 2.27. The number of alkyl halides is 3. The maximum absolute atomic E-state index is 12.2. The molecule has 1 aromatic heterocycles. The average molecular weight is 227 g/mol. The van der Waals surface area contributed by atoms with Gasteiger partial charge in [-0.25, -0.2) is 4.98 Å². The quantitative estimate of drug-likeness (QED) is 0.618. The summed E-state index contributed by atoms with van der Waals surface area (Å²) in [5.41, 5.74) is -0.596. The molecule has 1 heterocycles. The van der Waals surface area contributed by atoms with Crippen molar-refractivity contribution in [2.24, 2.45) is 5.41 Å². The lowest BCUT2D eigenvalue weighted by Gasteiger charge is -2.07. The Morgan fingerprint density at radius 2 is 1.75 bits per heavy atom. The van der Waals surface area contributed by atoms with Gasteiger partial charge in [-0.05, 0) is 38.8 Å². The maximum Gasteiger partial charge on any atom is 0.417 e.